The van der Waals surface area contributed by atoms with Crippen LogP contribution in [-0.4, -0.2) is 48.1 Å². The minimum atomic E-state index is -0.786. The van der Waals surface area contributed by atoms with Gasteiger partial charge in [-0.2, -0.15) is 0 Å². The number of carbonyl (C=O) groups excluding carboxylic acids is 1. The fourth-order valence-corrected chi connectivity index (χ4v) is 1.99. The lowest BCUT2D eigenvalue weighted by atomic mass is 10.2. The number of rotatable bonds is 6. The molecule has 1 aliphatic heterocycles. The van der Waals surface area contributed by atoms with Gasteiger partial charge in [0.15, 0.2) is 0 Å². The minimum Gasteiger partial charge on any atom is -0.481 e. The van der Waals surface area contributed by atoms with Gasteiger partial charge in [0, 0.05) is 19.5 Å². The second-order valence-electron chi connectivity index (χ2n) is 4.47. The standard InChI is InChI=1S/C12H22N2O3/c15-11(10-13-7-5-6-12(16)17)14-8-3-1-2-4-9-14/h13H,1-10H2,(H,16,17). The van der Waals surface area contributed by atoms with E-state index in [1.807, 2.05) is 4.90 Å². The Balaban J connectivity index is 2.09. The number of amides is 1. The minimum absolute atomic E-state index is 0.141. The van der Waals surface area contributed by atoms with E-state index in [0.29, 0.717) is 19.5 Å². The van der Waals surface area contributed by atoms with E-state index in [1.54, 1.807) is 0 Å². The first-order chi connectivity index (χ1) is 8.20. The number of carboxylic acid groups (broad SMARTS) is 1. The summed E-state index contributed by atoms with van der Waals surface area (Å²) >= 11 is 0. The molecule has 2 N–H and O–H groups in total. The normalized spacial score (nSPS) is 16.6. The van der Waals surface area contributed by atoms with Crippen molar-refractivity contribution in [2.75, 3.05) is 26.2 Å². The van der Waals surface area contributed by atoms with Gasteiger partial charge in [-0.15, -0.1) is 0 Å². The van der Waals surface area contributed by atoms with Gasteiger partial charge in [-0.05, 0) is 25.8 Å². The number of likely N-dealkylation sites (tertiary alicyclic amines) is 1. The van der Waals surface area contributed by atoms with Crippen LogP contribution >= 0.6 is 0 Å². The summed E-state index contributed by atoms with van der Waals surface area (Å²) in [6.07, 6.45) is 5.37. The quantitative estimate of drug-likeness (QED) is 0.677. The predicted molar refractivity (Wildman–Crippen MR) is 64.8 cm³/mol. The van der Waals surface area contributed by atoms with E-state index in [0.717, 1.165) is 25.9 Å². The fraction of sp³-hybridized carbons (Fsp3) is 0.833. The lowest BCUT2D eigenvalue weighted by molar-refractivity contribution is -0.137. The SMILES string of the molecule is O=C(O)CCCNCC(=O)N1CCCCCC1. The monoisotopic (exact) mass is 242 g/mol. The van der Waals surface area contributed by atoms with E-state index in [9.17, 15) is 9.59 Å². The number of carboxylic acids is 1. The largest absolute Gasteiger partial charge is 0.481 e. The molecule has 0 aromatic rings. The molecule has 1 heterocycles. The summed E-state index contributed by atoms with van der Waals surface area (Å²) in [5, 5.41) is 11.5. The Morgan fingerprint density at radius 3 is 2.35 bits per heavy atom. The molecule has 1 aliphatic rings. The molecular formula is C12H22N2O3. The van der Waals surface area contributed by atoms with Gasteiger partial charge in [-0.1, -0.05) is 12.8 Å². The van der Waals surface area contributed by atoms with Gasteiger partial charge < -0.3 is 15.3 Å². The molecule has 0 aromatic carbocycles. The Morgan fingerprint density at radius 2 is 1.76 bits per heavy atom. The van der Waals surface area contributed by atoms with Crippen molar-refractivity contribution >= 4 is 11.9 Å². The zero-order valence-corrected chi connectivity index (χ0v) is 10.3. The van der Waals surface area contributed by atoms with E-state index in [4.69, 9.17) is 5.11 Å². The first-order valence-corrected chi connectivity index (χ1v) is 6.40. The van der Waals surface area contributed by atoms with Crippen LogP contribution < -0.4 is 5.32 Å². The summed E-state index contributed by atoms with van der Waals surface area (Å²) in [4.78, 5) is 24.0. The molecule has 0 unspecified atom stereocenters. The molecule has 1 rings (SSSR count). The van der Waals surface area contributed by atoms with Crippen LogP contribution in [0.2, 0.25) is 0 Å². The highest BCUT2D eigenvalue weighted by atomic mass is 16.4. The molecule has 1 fully saturated rings. The maximum atomic E-state index is 11.8. The Morgan fingerprint density at radius 1 is 1.12 bits per heavy atom. The maximum Gasteiger partial charge on any atom is 0.303 e. The molecule has 1 amide bonds. The van der Waals surface area contributed by atoms with E-state index in [1.165, 1.54) is 12.8 Å². The van der Waals surface area contributed by atoms with Crippen molar-refractivity contribution in [3.05, 3.63) is 0 Å². The summed E-state index contributed by atoms with van der Waals surface area (Å²) in [6.45, 7) is 2.66. The summed E-state index contributed by atoms with van der Waals surface area (Å²) in [7, 11) is 0. The van der Waals surface area contributed by atoms with Crippen molar-refractivity contribution in [2.45, 2.75) is 38.5 Å². The van der Waals surface area contributed by atoms with Crippen LogP contribution in [-0.2, 0) is 9.59 Å². The second kappa shape index (κ2) is 8.06. The summed E-state index contributed by atoms with van der Waals surface area (Å²) in [5.41, 5.74) is 0. The summed E-state index contributed by atoms with van der Waals surface area (Å²) in [6, 6.07) is 0. The highest BCUT2D eigenvalue weighted by Crippen LogP contribution is 2.09. The van der Waals surface area contributed by atoms with Gasteiger partial charge in [-0.3, -0.25) is 9.59 Å². The summed E-state index contributed by atoms with van der Waals surface area (Å²) < 4.78 is 0. The van der Waals surface area contributed by atoms with Crippen LogP contribution in [0.25, 0.3) is 0 Å². The van der Waals surface area contributed by atoms with Crippen LogP contribution in [0.1, 0.15) is 38.5 Å². The highest BCUT2D eigenvalue weighted by molar-refractivity contribution is 5.78. The highest BCUT2D eigenvalue weighted by Gasteiger charge is 2.14. The van der Waals surface area contributed by atoms with Crippen molar-refractivity contribution in [3.8, 4) is 0 Å². The van der Waals surface area contributed by atoms with Crippen LogP contribution in [0.3, 0.4) is 0 Å². The first-order valence-electron chi connectivity index (χ1n) is 6.40. The smallest absolute Gasteiger partial charge is 0.303 e. The first kappa shape index (κ1) is 14.0. The van der Waals surface area contributed by atoms with Gasteiger partial charge in [-0.25, -0.2) is 0 Å². The number of aliphatic carboxylic acids is 1. The Kier molecular flexibility index (Phi) is 6.62. The lowest BCUT2D eigenvalue weighted by Crippen LogP contribution is -2.39. The number of hydrogen-bond donors (Lipinski definition) is 2. The average Bonchev–Trinajstić information content (AvgIpc) is 2.56. The van der Waals surface area contributed by atoms with Crippen molar-refractivity contribution in [1.82, 2.24) is 10.2 Å². The van der Waals surface area contributed by atoms with Crippen LogP contribution in [0.5, 0.6) is 0 Å². The molecule has 5 heteroatoms. The van der Waals surface area contributed by atoms with Crippen LogP contribution in [0, 0.1) is 0 Å². The van der Waals surface area contributed by atoms with Crippen molar-refractivity contribution < 1.29 is 14.7 Å². The van der Waals surface area contributed by atoms with Gasteiger partial charge in [0.1, 0.15) is 0 Å². The lowest BCUT2D eigenvalue weighted by Gasteiger charge is -2.20. The van der Waals surface area contributed by atoms with E-state index in [2.05, 4.69) is 5.32 Å². The van der Waals surface area contributed by atoms with E-state index >= 15 is 0 Å². The molecule has 17 heavy (non-hydrogen) atoms. The third-order valence-corrected chi connectivity index (χ3v) is 2.98. The van der Waals surface area contributed by atoms with Crippen LogP contribution in [0.15, 0.2) is 0 Å². The van der Waals surface area contributed by atoms with Crippen molar-refractivity contribution in [1.29, 1.82) is 0 Å². The Hall–Kier alpha value is -1.10. The van der Waals surface area contributed by atoms with Crippen molar-refractivity contribution in [2.24, 2.45) is 0 Å². The van der Waals surface area contributed by atoms with E-state index in [-0.39, 0.29) is 12.3 Å². The van der Waals surface area contributed by atoms with Crippen molar-refractivity contribution in [3.63, 3.8) is 0 Å². The predicted octanol–water partition coefficient (Wildman–Crippen LogP) is 0.843. The molecule has 0 aliphatic carbocycles. The second-order valence-corrected chi connectivity index (χ2v) is 4.47. The topological polar surface area (TPSA) is 69.6 Å². The number of carbonyl (C=O) groups is 2. The number of hydrogen-bond acceptors (Lipinski definition) is 3. The molecule has 0 bridgehead atoms. The molecule has 0 spiro atoms. The zero-order chi connectivity index (χ0) is 12.5. The molecule has 0 radical (unpaired) electrons. The maximum absolute atomic E-state index is 11.8. The van der Waals surface area contributed by atoms with Gasteiger partial charge in [0.25, 0.3) is 0 Å². The molecule has 0 atom stereocenters. The van der Waals surface area contributed by atoms with E-state index < -0.39 is 5.97 Å². The molecular weight excluding hydrogens is 220 g/mol. The van der Waals surface area contributed by atoms with Gasteiger partial charge in [0.2, 0.25) is 5.91 Å². The molecule has 0 saturated carbocycles. The number of nitrogens with zero attached hydrogens (tertiary/aromatic N) is 1. The fourth-order valence-electron chi connectivity index (χ4n) is 1.99. The molecule has 98 valence electrons. The molecule has 5 nitrogen and oxygen atoms in total. The Labute approximate surface area is 102 Å². The third kappa shape index (κ3) is 6.26. The van der Waals surface area contributed by atoms with Gasteiger partial charge in [0.05, 0.1) is 6.54 Å². The Bertz CT molecular complexity index is 248. The zero-order valence-electron chi connectivity index (χ0n) is 10.3. The number of nitrogens with one attached hydrogen (secondary N) is 1. The average molecular weight is 242 g/mol. The molecule has 0 aromatic heterocycles. The third-order valence-electron chi connectivity index (χ3n) is 2.98. The summed E-state index contributed by atoms with van der Waals surface area (Å²) in [5.74, 6) is -0.645. The molecule has 1 saturated heterocycles. The van der Waals surface area contributed by atoms with Gasteiger partial charge >= 0.3 is 5.97 Å². The van der Waals surface area contributed by atoms with Crippen LogP contribution in [0.4, 0.5) is 0 Å².